The summed E-state index contributed by atoms with van der Waals surface area (Å²) in [7, 11) is 1.66. The number of ether oxygens (including phenoxy) is 1. The maximum absolute atomic E-state index is 13.4. The number of Topliss-reactive ketones (excluding diaryl/α,β-unsaturated/α-hetero) is 1. The number of allylic oxidation sites excluding steroid dienone is 2. The number of hydrogen-bond acceptors (Lipinski definition) is 6. The van der Waals surface area contributed by atoms with E-state index in [1.165, 1.54) is 11.2 Å². The second-order valence-electron chi connectivity index (χ2n) is 7.52. The lowest BCUT2D eigenvalue weighted by molar-refractivity contribution is -0.116. The fourth-order valence-electron chi connectivity index (χ4n) is 4.36. The molecule has 0 fully saturated rings. The van der Waals surface area contributed by atoms with Gasteiger partial charge in [0.1, 0.15) is 18.1 Å². The first-order chi connectivity index (χ1) is 14.7. The summed E-state index contributed by atoms with van der Waals surface area (Å²) >= 11 is 1.70. The fraction of sp³-hybridized carbons (Fsp3) is 0.261. The molecule has 1 aromatic heterocycles. The van der Waals surface area contributed by atoms with Gasteiger partial charge in [-0.05, 0) is 54.0 Å². The Labute approximate surface area is 179 Å². The zero-order valence-electron chi connectivity index (χ0n) is 16.8. The number of benzene rings is 2. The molecule has 2 heterocycles. The van der Waals surface area contributed by atoms with Crippen LogP contribution in [0.3, 0.4) is 0 Å². The van der Waals surface area contributed by atoms with Gasteiger partial charge < -0.3 is 10.1 Å². The minimum Gasteiger partial charge on any atom is -0.497 e. The number of aromatic nitrogens is 3. The topological polar surface area (TPSA) is 69.0 Å². The van der Waals surface area contributed by atoms with Crippen molar-refractivity contribution in [1.82, 2.24) is 14.8 Å². The van der Waals surface area contributed by atoms with E-state index in [0.717, 1.165) is 34.6 Å². The smallest absolute Gasteiger partial charge is 0.226 e. The number of hydrogen-bond donors (Lipinski definition) is 1. The molecule has 0 radical (unpaired) electrons. The summed E-state index contributed by atoms with van der Waals surface area (Å²) < 4.78 is 7.08. The Hall–Kier alpha value is -3.06. The van der Waals surface area contributed by atoms with Crippen LogP contribution in [0.5, 0.6) is 5.75 Å². The number of thioether (sulfide) groups is 1. The van der Waals surface area contributed by atoms with Gasteiger partial charge in [0.2, 0.25) is 5.95 Å². The molecule has 2 aliphatic rings. The molecule has 3 aromatic rings. The first-order valence-corrected chi connectivity index (χ1v) is 11.1. The Morgan fingerprint density at radius 3 is 2.50 bits per heavy atom. The Balaban J connectivity index is 1.54. The Bertz CT molecular complexity index is 1120. The summed E-state index contributed by atoms with van der Waals surface area (Å²) in [5.74, 6) is 1.78. The molecule has 0 saturated carbocycles. The van der Waals surface area contributed by atoms with Crippen LogP contribution in [-0.4, -0.2) is 33.9 Å². The number of fused-ring (bicyclic) bond motifs is 1. The van der Waals surface area contributed by atoms with Crippen LogP contribution in [0.4, 0.5) is 5.95 Å². The molecule has 1 N–H and O–H groups in total. The zero-order chi connectivity index (χ0) is 20.7. The Morgan fingerprint density at radius 1 is 1.07 bits per heavy atom. The van der Waals surface area contributed by atoms with Crippen molar-refractivity contribution in [1.29, 1.82) is 0 Å². The summed E-state index contributed by atoms with van der Waals surface area (Å²) in [6.45, 7) is 0. The van der Waals surface area contributed by atoms with E-state index in [2.05, 4.69) is 45.9 Å². The maximum atomic E-state index is 13.4. The highest BCUT2D eigenvalue weighted by molar-refractivity contribution is 7.98. The van der Waals surface area contributed by atoms with Crippen molar-refractivity contribution in [2.75, 3.05) is 18.7 Å². The van der Waals surface area contributed by atoms with Crippen molar-refractivity contribution < 1.29 is 9.53 Å². The van der Waals surface area contributed by atoms with Crippen molar-refractivity contribution in [3.05, 3.63) is 77.3 Å². The van der Waals surface area contributed by atoms with Gasteiger partial charge in [0.15, 0.2) is 5.78 Å². The molecule has 152 valence electrons. The van der Waals surface area contributed by atoms with Gasteiger partial charge in [-0.25, -0.2) is 4.68 Å². The monoisotopic (exact) mass is 418 g/mol. The number of rotatable bonds is 4. The minimum atomic E-state index is -0.251. The highest BCUT2D eigenvalue weighted by atomic mass is 32.2. The summed E-state index contributed by atoms with van der Waals surface area (Å²) in [4.78, 5) is 19.0. The first-order valence-electron chi connectivity index (χ1n) is 9.88. The van der Waals surface area contributed by atoms with Crippen LogP contribution < -0.4 is 10.1 Å². The van der Waals surface area contributed by atoms with Crippen molar-refractivity contribution in [2.45, 2.75) is 29.7 Å². The molecule has 0 saturated heterocycles. The molecule has 0 amide bonds. The van der Waals surface area contributed by atoms with Gasteiger partial charge in [0, 0.05) is 22.6 Å². The summed E-state index contributed by atoms with van der Waals surface area (Å²) in [6, 6.07) is 16.1. The lowest BCUT2D eigenvalue weighted by Crippen LogP contribution is -2.33. The van der Waals surface area contributed by atoms with Gasteiger partial charge in [0.25, 0.3) is 0 Å². The number of anilines is 1. The van der Waals surface area contributed by atoms with Gasteiger partial charge in [-0.3, -0.25) is 4.79 Å². The Morgan fingerprint density at radius 2 is 1.80 bits per heavy atom. The van der Waals surface area contributed by atoms with E-state index in [9.17, 15) is 4.79 Å². The van der Waals surface area contributed by atoms with Gasteiger partial charge in [0.05, 0.1) is 7.11 Å². The second-order valence-corrected chi connectivity index (χ2v) is 8.40. The van der Waals surface area contributed by atoms with E-state index < -0.39 is 0 Å². The molecule has 1 aliphatic heterocycles. The van der Waals surface area contributed by atoms with Crippen molar-refractivity contribution in [3.8, 4) is 5.75 Å². The number of carbonyl (C=O) groups excluding carboxylic acids is 1. The number of nitrogens with zero attached hydrogens (tertiary/aromatic N) is 3. The minimum absolute atomic E-state index is 0.128. The molecule has 0 bridgehead atoms. The third kappa shape index (κ3) is 3.19. The van der Waals surface area contributed by atoms with Crippen molar-refractivity contribution in [3.63, 3.8) is 0 Å². The SMILES string of the molecule is COc1ccc([C@@H]2CC(=O)C3=C(C2)Nc2ncnn2[C@H]3c2ccc(SC)cc2)cc1. The third-order valence-electron chi connectivity index (χ3n) is 5.88. The van der Waals surface area contributed by atoms with Gasteiger partial charge >= 0.3 is 0 Å². The zero-order valence-corrected chi connectivity index (χ0v) is 17.6. The maximum Gasteiger partial charge on any atom is 0.226 e. The first kappa shape index (κ1) is 18.9. The van der Waals surface area contributed by atoms with E-state index in [4.69, 9.17) is 4.74 Å². The average Bonchev–Trinajstić information content (AvgIpc) is 3.26. The summed E-state index contributed by atoms with van der Waals surface area (Å²) in [5.41, 5.74) is 3.94. The third-order valence-corrected chi connectivity index (χ3v) is 6.62. The number of ketones is 1. The van der Waals surface area contributed by atoms with Crippen LogP contribution in [0.15, 0.2) is 71.0 Å². The van der Waals surface area contributed by atoms with Gasteiger partial charge in [-0.1, -0.05) is 24.3 Å². The molecule has 0 unspecified atom stereocenters. The highest BCUT2D eigenvalue weighted by Gasteiger charge is 2.39. The molecule has 2 aromatic carbocycles. The van der Waals surface area contributed by atoms with Crippen molar-refractivity contribution >= 4 is 23.5 Å². The van der Waals surface area contributed by atoms with E-state index in [1.54, 1.807) is 18.9 Å². The molecular formula is C23H22N4O2S. The molecule has 6 nitrogen and oxygen atoms in total. The van der Waals surface area contributed by atoms with Crippen molar-refractivity contribution in [2.24, 2.45) is 0 Å². The molecule has 7 heteroatoms. The van der Waals surface area contributed by atoms with Crippen LogP contribution in [0.2, 0.25) is 0 Å². The number of carbonyl (C=O) groups is 1. The lowest BCUT2D eigenvalue weighted by Gasteiger charge is -2.35. The van der Waals surface area contributed by atoms with Gasteiger partial charge in [-0.15, -0.1) is 11.8 Å². The molecular weight excluding hydrogens is 396 g/mol. The second kappa shape index (κ2) is 7.65. The molecule has 0 spiro atoms. The van der Waals surface area contributed by atoms with E-state index in [1.807, 2.05) is 28.9 Å². The number of nitrogens with one attached hydrogen (secondary N) is 1. The molecule has 5 rings (SSSR count). The molecule has 1 aliphatic carbocycles. The molecule has 2 atom stereocenters. The molecule has 30 heavy (non-hydrogen) atoms. The standard InChI is InChI=1S/C23H22N4O2S/c1-29-17-7-3-14(4-8-17)16-11-19-21(20(28)12-16)22(27-23(26-19)24-13-25-27)15-5-9-18(30-2)10-6-15/h3-10,13,16,22H,11-12H2,1-2H3,(H,24,25,26)/t16-,22-/m0/s1. The van der Waals surface area contributed by atoms with E-state index in [-0.39, 0.29) is 17.7 Å². The van der Waals surface area contributed by atoms with Crippen LogP contribution in [-0.2, 0) is 4.79 Å². The summed E-state index contributed by atoms with van der Waals surface area (Å²) in [5, 5.41) is 7.79. The average molecular weight is 419 g/mol. The van der Waals surface area contributed by atoms with E-state index >= 15 is 0 Å². The predicted octanol–water partition coefficient (Wildman–Crippen LogP) is 4.42. The normalized spacial score (nSPS) is 20.4. The van der Waals surface area contributed by atoms with E-state index in [0.29, 0.717) is 12.4 Å². The van der Waals surface area contributed by atoms with Crippen LogP contribution >= 0.6 is 11.8 Å². The van der Waals surface area contributed by atoms with Crippen LogP contribution in [0.25, 0.3) is 0 Å². The fourth-order valence-corrected chi connectivity index (χ4v) is 4.77. The van der Waals surface area contributed by atoms with Crippen LogP contribution in [0.1, 0.15) is 35.9 Å². The quantitative estimate of drug-likeness (QED) is 0.633. The highest BCUT2D eigenvalue weighted by Crippen LogP contribution is 2.44. The van der Waals surface area contributed by atoms with Gasteiger partial charge in [-0.2, -0.15) is 10.1 Å². The van der Waals surface area contributed by atoms with Crippen LogP contribution in [0, 0.1) is 0 Å². The predicted molar refractivity (Wildman–Crippen MR) is 117 cm³/mol. The summed E-state index contributed by atoms with van der Waals surface area (Å²) in [6.07, 6.45) is 4.84. The number of methoxy groups -OCH3 is 1. The largest absolute Gasteiger partial charge is 0.497 e. The lowest BCUT2D eigenvalue weighted by atomic mass is 9.78. The Kier molecular flexibility index (Phi) is 4.83.